The minimum Gasteiger partial charge on any atom is -0.309 e. The highest BCUT2D eigenvalue weighted by atomic mass is 32.2. The Hall–Kier alpha value is -2.45. The van der Waals surface area contributed by atoms with Gasteiger partial charge < -0.3 is 4.98 Å². The van der Waals surface area contributed by atoms with Crippen molar-refractivity contribution in [3.05, 3.63) is 62.2 Å². The van der Waals surface area contributed by atoms with E-state index in [0.29, 0.717) is 44.4 Å². The molecule has 6 nitrogen and oxygen atoms in total. The van der Waals surface area contributed by atoms with Crippen LogP contribution in [-0.2, 0) is 12.3 Å². The minimum absolute atomic E-state index is 0.0506. The summed E-state index contributed by atoms with van der Waals surface area (Å²) in [5.74, 6) is 1.01. The molecule has 4 rings (SSSR count). The van der Waals surface area contributed by atoms with Crippen molar-refractivity contribution < 1.29 is 0 Å². The molecule has 0 unspecified atom stereocenters. The summed E-state index contributed by atoms with van der Waals surface area (Å²) in [6.07, 6.45) is 0. The van der Waals surface area contributed by atoms with Crippen LogP contribution in [0.4, 0.5) is 0 Å². The number of nitrogens with one attached hydrogen (secondary N) is 1. The molecule has 0 fully saturated rings. The van der Waals surface area contributed by atoms with E-state index >= 15 is 0 Å². The zero-order valence-corrected chi connectivity index (χ0v) is 15.0. The first-order chi connectivity index (χ1) is 12.2. The molecule has 0 aliphatic heterocycles. The Bertz CT molecular complexity index is 1190. The van der Waals surface area contributed by atoms with Crippen LogP contribution < -0.4 is 11.1 Å². The standard InChI is InChI=1S/C17H14N4O2S2/c1-2-21-16(23)10-5-3-4-6-11(10)19-17(21)25-9-13-18-12-7-8-24-14(12)15(22)20-13/h3-8H,2,9H2,1H3,(H,18,20,22). The van der Waals surface area contributed by atoms with Gasteiger partial charge in [-0.3, -0.25) is 14.2 Å². The van der Waals surface area contributed by atoms with E-state index < -0.39 is 0 Å². The van der Waals surface area contributed by atoms with Gasteiger partial charge in [-0.1, -0.05) is 23.9 Å². The molecule has 0 saturated heterocycles. The lowest BCUT2D eigenvalue weighted by Gasteiger charge is -2.10. The maximum atomic E-state index is 12.6. The molecule has 25 heavy (non-hydrogen) atoms. The number of hydrogen-bond donors (Lipinski definition) is 1. The normalized spacial score (nSPS) is 11.4. The summed E-state index contributed by atoms with van der Waals surface area (Å²) < 4.78 is 2.27. The van der Waals surface area contributed by atoms with Gasteiger partial charge in [-0.15, -0.1) is 11.3 Å². The molecule has 1 N–H and O–H groups in total. The topological polar surface area (TPSA) is 80.6 Å². The van der Waals surface area contributed by atoms with Gasteiger partial charge in [0.1, 0.15) is 10.5 Å². The molecular formula is C17H14N4O2S2. The second-order valence-electron chi connectivity index (χ2n) is 5.40. The number of para-hydroxylation sites is 1. The lowest BCUT2D eigenvalue weighted by molar-refractivity contribution is 0.634. The zero-order chi connectivity index (χ0) is 17.4. The Morgan fingerprint density at radius 1 is 1.16 bits per heavy atom. The molecule has 126 valence electrons. The van der Waals surface area contributed by atoms with Crippen LogP contribution >= 0.6 is 23.1 Å². The molecular weight excluding hydrogens is 356 g/mol. The molecule has 0 radical (unpaired) electrons. The van der Waals surface area contributed by atoms with E-state index in [0.717, 1.165) is 0 Å². The van der Waals surface area contributed by atoms with Crippen molar-refractivity contribution >= 4 is 44.2 Å². The van der Waals surface area contributed by atoms with Crippen LogP contribution in [-0.4, -0.2) is 19.5 Å². The molecule has 0 atom stereocenters. The average molecular weight is 370 g/mol. The van der Waals surface area contributed by atoms with E-state index in [9.17, 15) is 9.59 Å². The Morgan fingerprint density at radius 3 is 2.84 bits per heavy atom. The van der Waals surface area contributed by atoms with Gasteiger partial charge in [0.05, 0.1) is 22.2 Å². The van der Waals surface area contributed by atoms with Crippen LogP contribution in [0.25, 0.3) is 21.1 Å². The summed E-state index contributed by atoms with van der Waals surface area (Å²) in [6.45, 7) is 2.45. The Labute approximate surface area is 150 Å². The minimum atomic E-state index is -0.130. The zero-order valence-electron chi connectivity index (χ0n) is 13.4. The second kappa shape index (κ2) is 6.45. The van der Waals surface area contributed by atoms with Crippen LogP contribution in [0, 0.1) is 0 Å². The molecule has 1 aromatic carbocycles. The van der Waals surface area contributed by atoms with Gasteiger partial charge in [0.25, 0.3) is 11.1 Å². The molecule has 0 spiro atoms. The lowest BCUT2D eigenvalue weighted by atomic mass is 10.2. The molecule has 3 aromatic heterocycles. The Morgan fingerprint density at radius 2 is 2.00 bits per heavy atom. The van der Waals surface area contributed by atoms with Gasteiger partial charge in [0.2, 0.25) is 0 Å². The number of aromatic amines is 1. The summed E-state index contributed by atoms with van der Waals surface area (Å²) in [7, 11) is 0. The fourth-order valence-corrected chi connectivity index (χ4v) is 4.32. The number of thiophene rings is 1. The maximum absolute atomic E-state index is 12.6. The van der Waals surface area contributed by atoms with Crippen molar-refractivity contribution in [3.63, 3.8) is 0 Å². The van der Waals surface area contributed by atoms with Gasteiger partial charge >= 0.3 is 0 Å². The molecule has 3 heterocycles. The molecule has 8 heteroatoms. The third-order valence-electron chi connectivity index (χ3n) is 3.84. The summed E-state index contributed by atoms with van der Waals surface area (Å²) >= 11 is 2.77. The number of aromatic nitrogens is 4. The number of H-pyrrole nitrogens is 1. The predicted octanol–water partition coefficient (Wildman–Crippen LogP) is 3.01. The van der Waals surface area contributed by atoms with Gasteiger partial charge in [-0.2, -0.15) is 0 Å². The van der Waals surface area contributed by atoms with E-state index in [1.165, 1.54) is 23.1 Å². The molecule has 0 aliphatic rings. The van der Waals surface area contributed by atoms with Crippen molar-refractivity contribution in [2.45, 2.75) is 24.4 Å². The first-order valence-corrected chi connectivity index (χ1v) is 9.62. The number of thioether (sulfide) groups is 1. The first kappa shape index (κ1) is 16.0. The highest BCUT2D eigenvalue weighted by molar-refractivity contribution is 7.98. The highest BCUT2D eigenvalue weighted by Crippen LogP contribution is 2.22. The molecule has 0 aliphatic carbocycles. The van der Waals surface area contributed by atoms with Crippen LogP contribution in [0.1, 0.15) is 12.7 Å². The summed E-state index contributed by atoms with van der Waals surface area (Å²) in [6, 6.07) is 9.15. The Balaban J connectivity index is 1.72. The van der Waals surface area contributed by atoms with E-state index in [4.69, 9.17) is 0 Å². The maximum Gasteiger partial charge on any atom is 0.268 e. The highest BCUT2D eigenvalue weighted by Gasteiger charge is 2.12. The molecule has 0 amide bonds. The lowest BCUT2D eigenvalue weighted by Crippen LogP contribution is -2.22. The molecule has 4 aromatic rings. The average Bonchev–Trinajstić information content (AvgIpc) is 3.09. The van der Waals surface area contributed by atoms with E-state index in [2.05, 4.69) is 15.0 Å². The third-order valence-corrected chi connectivity index (χ3v) is 5.73. The molecule has 0 bridgehead atoms. The predicted molar refractivity (Wildman–Crippen MR) is 101 cm³/mol. The second-order valence-corrected chi connectivity index (χ2v) is 7.26. The number of rotatable bonds is 4. The van der Waals surface area contributed by atoms with Crippen LogP contribution in [0.5, 0.6) is 0 Å². The summed E-state index contributed by atoms with van der Waals surface area (Å²) in [5.41, 5.74) is 1.19. The van der Waals surface area contributed by atoms with Crippen molar-refractivity contribution in [1.29, 1.82) is 0 Å². The van der Waals surface area contributed by atoms with Gasteiger partial charge in [0.15, 0.2) is 5.16 Å². The van der Waals surface area contributed by atoms with Gasteiger partial charge in [-0.05, 0) is 30.5 Å². The van der Waals surface area contributed by atoms with E-state index in [1.54, 1.807) is 10.6 Å². The number of fused-ring (bicyclic) bond motifs is 2. The van der Waals surface area contributed by atoms with E-state index in [-0.39, 0.29) is 11.1 Å². The summed E-state index contributed by atoms with van der Waals surface area (Å²) in [5, 5.41) is 3.09. The number of benzene rings is 1. The van der Waals surface area contributed by atoms with Gasteiger partial charge in [-0.25, -0.2) is 9.97 Å². The quantitative estimate of drug-likeness (QED) is 0.441. The van der Waals surface area contributed by atoms with E-state index in [1.807, 2.05) is 36.6 Å². The third kappa shape index (κ3) is 2.87. The smallest absolute Gasteiger partial charge is 0.268 e. The van der Waals surface area contributed by atoms with Crippen LogP contribution in [0.15, 0.2) is 50.5 Å². The monoisotopic (exact) mass is 370 g/mol. The fraction of sp³-hybridized carbons (Fsp3) is 0.176. The number of nitrogens with zero attached hydrogens (tertiary/aromatic N) is 3. The van der Waals surface area contributed by atoms with Crippen molar-refractivity contribution in [2.24, 2.45) is 0 Å². The van der Waals surface area contributed by atoms with Crippen LogP contribution in [0.3, 0.4) is 0 Å². The summed E-state index contributed by atoms with van der Waals surface area (Å²) in [4.78, 5) is 36.6. The van der Waals surface area contributed by atoms with Crippen molar-refractivity contribution in [3.8, 4) is 0 Å². The SMILES string of the molecule is CCn1c(SCc2nc3ccsc3c(=O)[nH]2)nc2ccccc2c1=O. The Kier molecular flexibility index (Phi) is 4.14. The van der Waals surface area contributed by atoms with Gasteiger partial charge in [0, 0.05) is 6.54 Å². The van der Waals surface area contributed by atoms with Crippen LogP contribution in [0.2, 0.25) is 0 Å². The molecule has 0 saturated carbocycles. The first-order valence-electron chi connectivity index (χ1n) is 7.76. The fourth-order valence-electron chi connectivity index (χ4n) is 2.66. The number of hydrogen-bond acceptors (Lipinski definition) is 6. The largest absolute Gasteiger partial charge is 0.309 e. The van der Waals surface area contributed by atoms with Crippen molar-refractivity contribution in [1.82, 2.24) is 19.5 Å². The van der Waals surface area contributed by atoms with Crippen molar-refractivity contribution in [2.75, 3.05) is 0 Å².